The van der Waals surface area contributed by atoms with Gasteiger partial charge in [0.2, 0.25) is 0 Å². The maximum Gasteiger partial charge on any atom is 0.159 e. The molecule has 4 heteroatoms. The molecule has 2 atom stereocenters. The van der Waals surface area contributed by atoms with Crippen molar-refractivity contribution >= 4 is 0 Å². The molecule has 2 rings (SSSR count). The van der Waals surface area contributed by atoms with Crippen molar-refractivity contribution in [1.82, 2.24) is 5.06 Å². The Labute approximate surface area is 78.0 Å². The summed E-state index contributed by atoms with van der Waals surface area (Å²) in [6.07, 6.45) is 0. The van der Waals surface area contributed by atoms with Gasteiger partial charge in [-0.2, -0.15) is 5.26 Å². The number of nitriles is 1. The van der Waals surface area contributed by atoms with E-state index < -0.39 is 5.72 Å². The number of fused-ring (bicyclic) bond motifs is 1. The van der Waals surface area contributed by atoms with E-state index in [-0.39, 0.29) is 11.5 Å². The van der Waals surface area contributed by atoms with E-state index in [2.05, 4.69) is 19.9 Å². The first-order valence-electron chi connectivity index (χ1n) is 4.47. The molecular weight excluding hydrogens is 168 g/mol. The second-order valence-corrected chi connectivity index (χ2v) is 4.43. The fourth-order valence-electron chi connectivity index (χ4n) is 2.05. The van der Waals surface area contributed by atoms with Gasteiger partial charge in [-0.1, -0.05) is 0 Å². The lowest BCUT2D eigenvalue weighted by atomic mass is 9.99. The molecule has 0 spiro atoms. The van der Waals surface area contributed by atoms with E-state index in [0.717, 1.165) is 0 Å². The van der Waals surface area contributed by atoms with E-state index in [0.29, 0.717) is 13.2 Å². The molecule has 0 radical (unpaired) electrons. The van der Waals surface area contributed by atoms with E-state index >= 15 is 0 Å². The number of hydroxylamine groups is 2. The molecule has 2 fully saturated rings. The van der Waals surface area contributed by atoms with Crippen LogP contribution < -0.4 is 0 Å². The monoisotopic (exact) mass is 182 g/mol. The summed E-state index contributed by atoms with van der Waals surface area (Å²) >= 11 is 0. The summed E-state index contributed by atoms with van der Waals surface area (Å²) in [5.41, 5.74) is -0.668. The average molecular weight is 182 g/mol. The summed E-state index contributed by atoms with van der Waals surface area (Å²) in [7, 11) is 0. The molecule has 0 unspecified atom stereocenters. The van der Waals surface area contributed by atoms with Gasteiger partial charge >= 0.3 is 0 Å². The standard InChI is InChI=1S/C9H14N2O2/c1-8(2)6-12-9(3)7(4-10)5-13-11(8)9/h7H,5-6H2,1-3H3/t7-,9+/m0/s1. The van der Waals surface area contributed by atoms with Crippen LogP contribution in [0.15, 0.2) is 0 Å². The lowest BCUT2D eigenvalue weighted by molar-refractivity contribution is -0.221. The summed E-state index contributed by atoms with van der Waals surface area (Å²) in [5.74, 6) is -0.186. The molecule has 4 nitrogen and oxygen atoms in total. The molecule has 2 heterocycles. The summed E-state index contributed by atoms with van der Waals surface area (Å²) in [4.78, 5) is 5.48. The Kier molecular flexibility index (Phi) is 1.68. The minimum absolute atomic E-state index is 0.125. The number of nitrogens with zero attached hydrogens (tertiary/aromatic N) is 2. The van der Waals surface area contributed by atoms with Crippen LogP contribution in [0.3, 0.4) is 0 Å². The minimum atomic E-state index is -0.543. The van der Waals surface area contributed by atoms with E-state index in [9.17, 15) is 0 Å². The first kappa shape index (κ1) is 8.95. The maximum absolute atomic E-state index is 8.91. The van der Waals surface area contributed by atoms with Crippen LogP contribution in [0.25, 0.3) is 0 Å². The van der Waals surface area contributed by atoms with Crippen LogP contribution in [0.1, 0.15) is 20.8 Å². The van der Waals surface area contributed by atoms with Crippen molar-refractivity contribution in [2.45, 2.75) is 32.0 Å². The Balaban J connectivity index is 2.32. The average Bonchev–Trinajstić information content (AvgIpc) is 2.49. The third kappa shape index (κ3) is 1.01. The second kappa shape index (κ2) is 2.44. The van der Waals surface area contributed by atoms with E-state index in [1.54, 1.807) is 0 Å². The molecular formula is C9H14N2O2. The zero-order valence-electron chi connectivity index (χ0n) is 8.20. The smallest absolute Gasteiger partial charge is 0.159 e. The third-order valence-electron chi connectivity index (χ3n) is 2.84. The van der Waals surface area contributed by atoms with Crippen LogP contribution >= 0.6 is 0 Å². The van der Waals surface area contributed by atoms with Crippen LogP contribution in [-0.4, -0.2) is 29.5 Å². The summed E-state index contributed by atoms with van der Waals surface area (Å²) in [5, 5.41) is 10.7. The highest BCUT2D eigenvalue weighted by Gasteiger charge is 2.58. The summed E-state index contributed by atoms with van der Waals surface area (Å²) in [6, 6.07) is 2.22. The molecule has 2 aliphatic heterocycles. The molecule has 0 aliphatic carbocycles. The first-order valence-corrected chi connectivity index (χ1v) is 4.47. The van der Waals surface area contributed by atoms with Crippen LogP contribution in [0.2, 0.25) is 0 Å². The quantitative estimate of drug-likeness (QED) is 0.558. The van der Waals surface area contributed by atoms with Crippen LogP contribution in [0.5, 0.6) is 0 Å². The number of hydrogen-bond donors (Lipinski definition) is 0. The largest absolute Gasteiger partial charge is 0.355 e. The Hall–Kier alpha value is -0.630. The number of ether oxygens (including phenoxy) is 1. The van der Waals surface area contributed by atoms with Gasteiger partial charge < -0.3 is 4.74 Å². The highest BCUT2D eigenvalue weighted by Crippen LogP contribution is 2.44. The lowest BCUT2D eigenvalue weighted by Gasteiger charge is -2.31. The molecule has 0 N–H and O–H groups in total. The summed E-state index contributed by atoms with van der Waals surface area (Å²) < 4.78 is 5.66. The van der Waals surface area contributed by atoms with Gasteiger partial charge in [0.05, 0.1) is 24.8 Å². The molecule has 0 aromatic rings. The zero-order valence-corrected chi connectivity index (χ0v) is 8.20. The van der Waals surface area contributed by atoms with Gasteiger partial charge in [0.25, 0.3) is 0 Å². The maximum atomic E-state index is 8.91. The minimum Gasteiger partial charge on any atom is -0.355 e. The predicted molar refractivity (Wildman–Crippen MR) is 45.3 cm³/mol. The fourth-order valence-corrected chi connectivity index (χ4v) is 2.05. The Morgan fingerprint density at radius 2 is 2.15 bits per heavy atom. The van der Waals surface area contributed by atoms with Crippen LogP contribution in [-0.2, 0) is 9.57 Å². The van der Waals surface area contributed by atoms with Gasteiger partial charge in [-0.15, -0.1) is 5.06 Å². The highest BCUT2D eigenvalue weighted by atomic mass is 16.8. The highest BCUT2D eigenvalue weighted by molar-refractivity contribution is 5.05. The first-order chi connectivity index (χ1) is 6.00. The van der Waals surface area contributed by atoms with Crippen molar-refractivity contribution in [3.63, 3.8) is 0 Å². The van der Waals surface area contributed by atoms with Crippen molar-refractivity contribution < 1.29 is 9.57 Å². The number of hydrogen-bond acceptors (Lipinski definition) is 4. The van der Waals surface area contributed by atoms with E-state index in [1.807, 2.05) is 12.0 Å². The van der Waals surface area contributed by atoms with Gasteiger partial charge in [0.1, 0.15) is 5.92 Å². The lowest BCUT2D eigenvalue weighted by Crippen LogP contribution is -2.47. The van der Waals surface area contributed by atoms with Crippen molar-refractivity contribution in [1.29, 1.82) is 5.26 Å². The van der Waals surface area contributed by atoms with Crippen molar-refractivity contribution in [2.24, 2.45) is 5.92 Å². The number of rotatable bonds is 0. The SMILES string of the molecule is CC1(C)CO[C@]2(C)[C@@H](C#N)CON12. The summed E-state index contributed by atoms with van der Waals surface area (Å²) in [6.45, 7) is 7.08. The zero-order chi connectivity index (χ0) is 9.69. The molecule has 0 bridgehead atoms. The van der Waals surface area contributed by atoms with E-state index in [1.165, 1.54) is 0 Å². The molecule has 0 aromatic heterocycles. The van der Waals surface area contributed by atoms with Gasteiger partial charge in [0.15, 0.2) is 5.72 Å². The molecule has 0 saturated carbocycles. The Morgan fingerprint density at radius 1 is 1.46 bits per heavy atom. The molecule has 2 aliphatic rings. The molecule has 0 aromatic carbocycles. The van der Waals surface area contributed by atoms with Crippen LogP contribution in [0, 0.1) is 17.2 Å². The van der Waals surface area contributed by atoms with Crippen LogP contribution in [0.4, 0.5) is 0 Å². The molecule has 72 valence electrons. The molecule has 13 heavy (non-hydrogen) atoms. The van der Waals surface area contributed by atoms with Gasteiger partial charge in [0, 0.05) is 0 Å². The Morgan fingerprint density at radius 3 is 2.77 bits per heavy atom. The van der Waals surface area contributed by atoms with Crippen molar-refractivity contribution in [3.8, 4) is 6.07 Å². The van der Waals surface area contributed by atoms with Crippen molar-refractivity contribution in [2.75, 3.05) is 13.2 Å². The van der Waals surface area contributed by atoms with Gasteiger partial charge in [-0.05, 0) is 20.8 Å². The van der Waals surface area contributed by atoms with Gasteiger partial charge in [-0.25, -0.2) is 0 Å². The second-order valence-electron chi connectivity index (χ2n) is 4.43. The van der Waals surface area contributed by atoms with Gasteiger partial charge in [-0.3, -0.25) is 4.84 Å². The predicted octanol–water partition coefficient (Wildman–Crippen LogP) is 0.898. The Bertz CT molecular complexity index is 271. The normalized spacial score (nSPS) is 43.1. The molecule has 2 saturated heterocycles. The fraction of sp³-hybridized carbons (Fsp3) is 0.889. The topological polar surface area (TPSA) is 45.5 Å². The van der Waals surface area contributed by atoms with Crippen molar-refractivity contribution in [3.05, 3.63) is 0 Å². The van der Waals surface area contributed by atoms with E-state index in [4.69, 9.17) is 14.8 Å². The third-order valence-corrected chi connectivity index (χ3v) is 2.84. The molecule has 0 amide bonds.